The van der Waals surface area contributed by atoms with E-state index >= 15 is 0 Å². The van der Waals surface area contributed by atoms with Gasteiger partial charge in [0.1, 0.15) is 5.82 Å². The lowest BCUT2D eigenvalue weighted by molar-refractivity contribution is -0.113. The fraction of sp³-hybridized carbons (Fsp3) is 0.261. The number of aromatic nitrogens is 4. The molecule has 2 heterocycles. The molecule has 2 amide bonds. The molecule has 9 heteroatoms. The van der Waals surface area contributed by atoms with Gasteiger partial charge in [-0.3, -0.25) is 9.59 Å². The molecular formula is C23H24N6O2S. The van der Waals surface area contributed by atoms with Gasteiger partial charge in [-0.05, 0) is 57.2 Å². The second-order valence-electron chi connectivity index (χ2n) is 7.20. The number of nitrogens with one attached hydrogen (secondary N) is 1. The zero-order valence-electron chi connectivity index (χ0n) is 18.2. The highest BCUT2D eigenvalue weighted by atomic mass is 32.2. The molecule has 164 valence electrons. The van der Waals surface area contributed by atoms with Crippen molar-refractivity contribution >= 4 is 45.8 Å². The van der Waals surface area contributed by atoms with Crippen LogP contribution in [0.5, 0.6) is 0 Å². The Labute approximate surface area is 190 Å². The van der Waals surface area contributed by atoms with Crippen molar-refractivity contribution in [3.05, 3.63) is 59.9 Å². The van der Waals surface area contributed by atoms with Crippen molar-refractivity contribution < 1.29 is 9.59 Å². The van der Waals surface area contributed by atoms with Gasteiger partial charge in [-0.1, -0.05) is 23.9 Å². The number of aryl methyl sites for hydroxylation is 1. The number of carbonyl (C=O) groups excluding carboxylic acids is 2. The number of anilines is 1. The number of rotatable bonds is 7. The fourth-order valence-corrected chi connectivity index (χ4v) is 4.19. The molecule has 0 aliphatic heterocycles. The maximum atomic E-state index is 12.5. The quantitative estimate of drug-likeness (QED) is 0.342. The van der Waals surface area contributed by atoms with Crippen molar-refractivity contribution in [2.75, 3.05) is 24.2 Å². The van der Waals surface area contributed by atoms with Crippen LogP contribution >= 0.6 is 11.8 Å². The maximum Gasteiger partial charge on any atom is 0.253 e. The van der Waals surface area contributed by atoms with Crippen LogP contribution in [0.1, 0.15) is 30.0 Å². The van der Waals surface area contributed by atoms with E-state index in [2.05, 4.69) is 20.4 Å². The van der Waals surface area contributed by atoms with E-state index in [1.165, 1.54) is 11.8 Å². The molecule has 0 unspecified atom stereocenters. The molecule has 0 aliphatic carbocycles. The van der Waals surface area contributed by atoms with E-state index in [4.69, 9.17) is 0 Å². The highest BCUT2D eigenvalue weighted by molar-refractivity contribution is 7.99. The molecule has 0 radical (unpaired) electrons. The molecule has 0 bridgehead atoms. The molecule has 0 aliphatic rings. The summed E-state index contributed by atoms with van der Waals surface area (Å²) in [7, 11) is 0. The van der Waals surface area contributed by atoms with Gasteiger partial charge >= 0.3 is 0 Å². The first-order chi connectivity index (χ1) is 15.5. The molecule has 4 rings (SSSR count). The highest BCUT2D eigenvalue weighted by Gasteiger charge is 2.15. The SMILES string of the molecule is CCN(CC)C(=O)c1ccc(NC(=O)CSc2nc3ccccc3c3nc(C)nn23)cc1. The first-order valence-corrected chi connectivity index (χ1v) is 11.4. The number of benzene rings is 2. The average Bonchev–Trinajstić information content (AvgIpc) is 3.20. The number of nitrogens with zero attached hydrogens (tertiary/aromatic N) is 5. The number of fused-ring (bicyclic) bond motifs is 3. The number of thioether (sulfide) groups is 1. The minimum Gasteiger partial charge on any atom is -0.339 e. The summed E-state index contributed by atoms with van der Waals surface area (Å²) in [5.74, 6) is 0.629. The van der Waals surface area contributed by atoms with Gasteiger partial charge in [-0.25, -0.2) is 9.97 Å². The van der Waals surface area contributed by atoms with Crippen LogP contribution in [-0.2, 0) is 4.79 Å². The molecule has 4 aromatic rings. The largest absolute Gasteiger partial charge is 0.339 e. The molecule has 32 heavy (non-hydrogen) atoms. The predicted molar refractivity (Wildman–Crippen MR) is 126 cm³/mol. The Hall–Kier alpha value is -3.46. The minimum atomic E-state index is -0.169. The summed E-state index contributed by atoms with van der Waals surface area (Å²) in [6, 6.07) is 14.7. The topological polar surface area (TPSA) is 92.5 Å². The Kier molecular flexibility index (Phi) is 6.36. The van der Waals surface area contributed by atoms with E-state index in [1.54, 1.807) is 33.7 Å². The van der Waals surface area contributed by atoms with E-state index in [9.17, 15) is 9.59 Å². The van der Waals surface area contributed by atoms with Crippen LogP contribution < -0.4 is 5.32 Å². The summed E-state index contributed by atoms with van der Waals surface area (Å²) in [5, 5.41) is 8.83. The van der Waals surface area contributed by atoms with E-state index in [1.807, 2.05) is 45.0 Å². The van der Waals surface area contributed by atoms with Gasteiger partial charge in [-0.2, -0.15) is 4.52 Å². The zero-order valence-corrected chi connectivity index (χ0v) is 19.0. The van der Waals surface area contributed by atoms with Gasteiger partial charge in [0.25, 0.3) is 5.91 Å². The smallest absolute Gasteiger partial charge is 0.253 e. The van der Waals surface area contributed by atoms with Crippen molar-refractivity contribution in [1.82, 2.24) is 24.5 Å². The number of hydrogen-bond donors (Lipinski definition) is 1. The number of carbonyl (C=O) groups is 2. The van der Waals surface area contributed by atoms with Gasteiger partial charge in [0.05, 0.1) is 11.3 Å². The molecular weight excluding hydrogens is 424 g/mol. The van der Waals surface area contributed by atoms with Crippen LogP contribution in [0.15, 0.2) is 53.7 Å². The van der Waals surface area contributed by atoms with Crippen molar-refractivity contribution in [3.8, 4) is 0 Å². The van der Waals surface area contributed by atoms with Crippen molar-refractivity contribution in [2.45, 2.75) is 25.9 Å². The van der Waals surface area contributed by atoms with Gasteiger partial charge < -0.3 is 10.2 Å². The minimum absolute atomic E-state index is 0.0158. The summed E-state index contributed by atoms with van der Waals surface area (Å²) in [4.78, 5) is 35.9. The summed E-state index contributed by atoms with van der Waals surface area (Å²) in [6.45, 7) is 7.05. The fourth-order valence-electron chi connectivity index (χ4n) is 3.44. The Morgan fingerprint density at radius 1 is 1.03 bits per heavy atom. The third-order valence-corrected chi connectivity index (χ3v) is 5.98. The predicted octanol–water partition coefficient (Wildman–Crippen LogP) is 3.80. The van der Waals surface area contributed by atoms with Gasteiger partial charge in [0, 0.05) is 29.7 Å². The van der Waals surface area contributed by atoms with Crippen LogP contribution in [0, 0.1) is 6.92 Å². The zero-order chi connectivity index (χ0) is 22.7. The molecule has 0 saturated carbocycles. The average molecular weight is 449 g/mol. The molecule has 2 aromatic heterocycles. The molecule has 0 fully saturated rings. The lowest BCUT2D eigenvalue weighted by Gasteiger charge is -2.18. The third kappa shape index (κ3) is 4.43. The Morgan fingerprint density at radius 3 is 2.47 bits per heavy atom. The first-order valence-electron chi connectivity index (χ1n) is 10.4. The standard InChI is InChI=1S/C23H24N6O2S/c1-4-28(5-2)22(31)16-10-12-17(13-11-16)25-20(30)14-32-23-26-19-9-7-6-8-18(19)21-24-15(3)27-29(21)23/h6-13H,4-5,14H2,1-3H3,(H,25,30). The van der Waals surface area contributed by atoms with Crippen LogP contribution in [0.25, 0.3) is 16.6 Å². The number of amides is 2. The molecule has 0 saturated heterocycles. The highest BCUT2D eigenvalue weighted by Crippen LogP contribution is 2.24. The summed E-state index contributed by atoms with van der Waals surface area (Å²) in [5.41, 5.74) is 2.78. The summed E-state index contributed by atoms with van der Waals surface area (Å²) < 4.78 is 1.68. The summed E-state index contributed by atoms with van der Waals surface area (Å²) in [6.07, 6.45) is 0. The molecule has 0 spiro atoms. The normalized spacial score (nSPS) is 11.1. The second-order valence-corrected chi connectivity index (χ2v) is 8.14. The third-order valence-electron chi connectivity index (χ3n) is 5.05. The number of hydrogen-bond acceptors (Lipinski definition) is 6. The maximum absolute atomic E-state index is 12.5. The molecule has 0 atom stereocenters. The van der Waals surface area contributed by atoms with E-state index < -0.39 is 0 Å². The lowest BCUT2D eigenvalue weighted by atomic mass is 10.2. The monoisotopic (exact) mass is 448 g/mol. The van der Waals surface area contributed by atoms with Crippen molar-refractivity contribution in [2.24, 2.45) is 0 Å². The van der Waals surface area contributed by atoms with Crippen LogP contribution in [0.3, 0.4) is 0 Å². The first kappa shape index (κ1) is 21.8. The Balaban J connectivity index is 1.45. The number of para-hydroxylation sites is 1. The van der Waals surface area contributed by atoms with Gasteiger partial charge in [0.15, 0.2) is 10.8 Å². The van der Waals surface area contributed by atoms with E-state index in [0.717, 1.165) is 16.6 Å². The van der Waals surface area contributed by atoms with Crippen LogP contribution in [0.2, 0.25) is 0 Å². The van der Waals surface area contributed by atoms with Crippen molar-refractivity contribution in [3.63, 3.8) is 0 Å². The molecule has 1 N–H and O–H groups in total. The van der Waals surface area contributed by atoms with Gasteiger partial charge in [-0.15, -0.1) is 5.10 Å². The Morgan fingerprint density at radius 2 is 1.75 bits per heavy atom. The Bertz CT molecular complexity index is 1280. The van der Waals surface area contributed by atoms with E-state index in [0.29, 0.717) is 35.3 Å². The molecule has 8 nitrogen and oxygen atoms in total. The van der Waals surface area contributed by atoms with Crippen LogP contribution in [-0.4, -0.2) is 55.1 Å². The molecule has 2 aromatic carbocycles. The second kappa shape index (κ2) is 9.35. The van der Waals surface area contributed by atoms with Gasteiger partial charge in [0.2, 0.25) is 5.91 Å². The van der Waals surface area contributed by atoms with E-state index in [-0.39, 0.29) is 17.6 Å². The van der Waals surface area contributed by atoms with Crippen molar-refractivity contribution in [1.29, 1.82) is 0 Å². The van der Waals surface area contributed by atoms with Crippen LogP contribution in [0.4, 0.5) is 5.69 Å². The summed E-state index contributed by atoms with van der Waals surface area (Å²) >= 11 is 1.30. The lowest BCUT2D eigenvalue weighted by Crippen LogP contribution is -2.30.